The van der Waals surface area contributed by atoms with E-state index in [1.165, 1.54) is 52.8 Å². The number of hydrazone groups is 1. The first-order valence-electron chi connectivity index (χ1n) is 12.6. The van der Waals surface area contributed by atoms with E-state index in [-0.39, 0.29) is 33.2 Å². The maximum atomic E-state index is 13.8. The monoisotopic (exact) mass is 601 g/mol. The number of nitrogens with zero attached hydrogens (tertiary/aromatic N) is 5. The topological polar surface area (TPSA) is 139 Å². The van der Waals surface area contributed by atoms with Crippen molar-refractivity contribution in [3.05, 3.63) is 81.9 Å². The van der Waals surface area contributed by atoms with Crippen LogP contribution in [-0.2, 0) is 10.0 Å². The summed E-state index contributed by atoms with van der Waals surface area (Å²) in [6.07, 6.45) is 1.12. The van der Waals surface area contributed by atoms with Crippen molar-refractivity contribution < 1.29 is 26.9 Å². The highest BCUT2D eigenvalue weighted by Gasteiger charge is 2.27. The van der Waals surface area contributed by atoms with E-state index in [4.69, 9.17) is 4.42 Å². The lowest BCUT2D eigenvalue weighted by Crippen LogP contribution is -2.37. The van der Waals surface area contributed by atoms with Gasteiger partial charge >= 0.3 is 5.88 Å². The molecule has 0 saturated carbocycles. The molecule has 0 spiro atoms. The average molecular weight is 602 g/mol. The average Bonchev–Trinajstić information content (AvgIpc) is 3.55. The van der Waals surface area contributed by atoms with Gasteiger partial charge in [-0.05, 0) is 60.4 Å². The van der Waals surface area contributed by atoms with Crippen molar-refractivity contribution in [1.82, 2.24) is 9.29 Å². The second-order valence-corrected chi connectivity index (χ2v) is 13.0. The molecule has 216 valence electrons. The summed E-state index contributed by atoms with van der Waals surface area (Å²) in [6.45, 7) is 8.47. The number of carbonyl (C=O) groups is 1. The summed E-state index contributed by atoms with van der Waals surface area (Å²) in [5.41, 5.74) is 0.543. The Balaban J connectivity index is 1.69. The van der Waals surface area contributed by atoms with Gasteiger partial charge in [-0.3, -0.25) is 14.9 Å². The number of hydrogen-bond acceptors (Lipinski definition) is 9. The molecule has 41 heavy (non-hydrogen) atoms. The summed E-state index contributed by atoms with van der Waals surface area (Å²) in [7, 11) is -3.81. The Morgan fingerprint density at radius 3 is 2.34 bits per heavy atom. The third kappa shape index (κ3) is 7.01. The number of sulfonamides is 1. The lowest BCUT2D eigenvalue weighted by atomic mass is 10.2. The van der Waals surface area contributed by atoms with Gasteiger partial charge in [-0.1, -0.05) is 39.0 Å². The van der Waals surface area contributed by atoms with Crippen LogP contribution in [0.1, 0.15) is 43.8 Å². The van der Waals surface area contributed by atoms with Crippen molar-refractivity contribution in [3.63, 3.8) is 0 Å². The van der Waals surface area contributed by atoms with Crippen LogP contribution in [0.2, 0.25) is 0 Å². The molecule has 0 atom stereocenters. The van der Waals surface area contributed by atoms with Crippen LogP contribution in [0.15, 0.2) is 69.0 Å². The number of anilines is 1. The molecule has 0 radical (unpaired) electrons. The SMILES string of the molecule is CC(C)CN(CC(C)C)S(=O)(=O)c1ccc(C(=O)N(/N=C/c2ccc([N+](=O)[O-])o2)c2nc3ccc(F)cc3s2)cc1. The lowest BCUT2D eigenvalue weighted by Gasteiger charge is -2.25. The first-order valence-corrected chi connectivity index (χ1v) is 14.9. The molecular formula is C27H28FN5O6S2. The van der Waals surface area contributed by atoms with Gasteiger partial charge in [0.05, 0.1) is 27.4 Å². The van der Waals surface area contributed by atoms with Gasteiger partial charge in [0.15, 0.2) is 5.76 Å². The fourth-order valence-corrected chi connectivity index (χ4v) is 6.63. The Morgan fingerprint density at radius 1 is 1.10 bits per heavy atom. The van der Waals surface area contributed by atoms with Gasteiger partial charge in [0.1, 0.15) is 10.7 Å². The number of rotatable bonds is 11. The summed E-state index contributed by atoms with van der Waals surface area (Å²) >= 11 is 1.01. The van der Waals surface area contributed by atoms with Crippen molar-refractivity contribution in [2.45, 2.75) is 32.6 Å². The van der Waals surface area contributed by atoms with Gasteiger partial charge in [-0.15, -0.1) is 0 Å². The fraction of sp³-hybridized carbons (Fsp3) is 0.296. The third-order valence-electron chi connectivity index (χ3n) is 5.68. The Labute approximate surface area is 240 Å². The Bertz CT molecular complexity index is 1690. The van der Waals surface area contributed by atoms with Crippen LogP contribution in [0, 0.1) is 27.8 Å². The third-order valence-corrected chi connectivity index (χ3v) is 8.52. The Morgan fingerprint density at radius 2 is 1.76 bits per heavy atom. The predicted octanol–water partition coefficient (Wildman–Crippen LogP) is 5.92. The Hall–Kier alpha value is -4.01. The minimum absolute atomic E-state index is 0.0125. The van der Waals surface area contributed by atoms with Gasteiger partial charge in [0, 0.05) is 18.7 Å². The summed E-state index contributed by atoms with van der Waals surface area (Å²) in [6, 6.07) is 11.9. The highest BCUT2D eigenvalue weighted by atomic mass is 32.2. The first kappa shape index (κ1) is 30.0. The second kappa shape index (κ2) is 12.2. The molecule has 4 aromatic rings. The van der Waals surface area contributed by atoms with Crippen molar-refractivity contribution in [2.75, 3.05) is 18.1 Å². The van der Waals surface area contributed by atoms with Gasteiger partial charge in [0.2, 0.25) is 15.2 Å². The molecule has 0 aliphatic heterocycles. The first-order chi connectivity index (χ1) is 19.3. The molecule has 1 amide bonds. The van der Waals surface area contributed by atoms with Gasteiger partial charge < -0.3 is 4.42 Å². The summed E-state index contributed by atoms with van der Waals surface area (Å²) in [5.74, 6) is -1.38. The van der Waals surface area contributed by atoms with Crippen LogP contribution in [-0.4, -0.2) is 47.8 Å². The number of benzene rings is 2. The van der Waals surface area contributed by atoms with Crippen LogP contribution >= 0.6 is 11.3 Å². The Kier molecular flexibility index (Phi) is 8.95. The van der Waals surface area contributed by atoms with Crippen molar-refractivity contribution in [2.24, 2.45) is 16.9 Å². The van der Waals surface area contributed by atoms with Gasteiger partial charge in [0.25, 0.3) is 5.91 Å². The predicted molar refractivity (Wildman–Crippen MR) is 154 cm³/mol. The molecule has 0 aliphatic rings. The molecule has 11 nitrogen and oxygen atoms in total. The molecule has 0 saturated heterocycles. The van der Waals surface area contributed by atoms with E-state index < -0.39 is 32.6 Å². The molecule has 4 rings (SSSR count). The second-order valence-electron chi connectivity index (χ2n) is 10.0. The van der Waals surface area contributed by atoms with E-state index in [0.29, 0.717) is 23.3 Å². The number of aromatic nitrogens is 1. The minimum atomic E-state index is -3.81. The molecule has 0 aliphatic carbocycles. The van der Waals surface area contributed by atoms with Gasteiger partial charge in [-0.25, -0.2) is 17.8 Å². The molecule has 0 unspecified atom stereocenters. The largest absolute Gasteiger partial charge is 0.433 e. The standard InChI is InChI=1S/C27H28FN5O6S2/c1-17(2)15-31(16-18(3)4)41(37,38)22-9-5-19(6-10-22)26(34)32(29-14-21-8-12-25(39-21)33(35)36)27-30-23-11-7-20(28)13-24(23)40-27/h5-14,17-18H,15-16H2,1-4H3/b29-14+. The quantitative estimate of drug-likeness (QED) is 0.118. The molecule has 2 heterocycles. The highest BCUT2D eigenvalue weighted by molar-refractivity contribution is 7.89. The summed E-state index contributed by atoms with van der Waals surface area (Å²) in [4.78, 5) is 28.3. The number of carbonyl (C=O) groups excluding carboxylic acids is 1. The van der Waals surface area contributed by atoms with Crippen molar-refractivity contribution in [1.29, 1.82) is 0 Å². The number of thiazole rings is 1. The zero-order valence-corrected chi connectivity index (χ0v) is 24.4. The summed E-state index contributed by atoms with van der Waals surface area (Å²) < 4.78 is 47.6. The van der Waals surface area contributed by atoms with Crippen LogP contribution in [0.5, 0.6) is 0 Å². The number of fused-ring (bicyclic) bond motifs is 1. The molecule has 14 heteroatoms. The molecule has 0 fully saturated rings. The highest BCUT2D eigenvalue weighted by Crippen LogP contribution is 2.31. The molecule has 0 bridgehead atoms. The van der Waals surface area contributed by atoms with E-state index in [1.54, 1.807) is 0 Å². The van der Waals surface area contributed by atoms with E-state index in [2.05, 4.69) is 10.1 Å². The normalized spacial score (nSPS) is 12.3. The van der Waals surface area contributed by atoms with Crippen LogP contribution in [0.3, 0.4) is 0 Å². The van der Waals surface area contributed by atoms with E-state index in [1.807, 2.05) is 27.7 Å². The zero-order valence-electron chi connectivity index (χ0n) is 22.7. The minimum Gasteiger partial charge on any atom is -0.400 e. The number of furan rings is 1. The molecular weight excluding hydrogens is 573 g/mol. The smallest absolute Gasteiger partial charge is 0.400 e. The van der Waals surface area contributed by atoms with Crippen LogP contribution < -0.4 is 5.01 Å². The van der Waals surface area contributed by atoms with Crippen molar-refractivity contribution >= 4 is 54.7 Å². The zero-order chi connectivity index (χ0) is 29.9. The number of halogens is 1. The fourth-order valence-electron chi connectivity index (χ4n) is 3.92. The number of nitro groups is 1. The van der Waals surface area contributed by atoms with E-state index in [0.717, 1.165) is 28.6 Å². The maximum absolute atomic E-state index is 13.8. The van der Waals surface area contributed by atoms with Crippen LogP contribution in [0.25, 0.3) is 10.2 Å². The number of amides is 1. The summed E-state index contributed by atoms with van der Waals surface area (Å²) in [5, 5.41) is 16.2. The molecule has 2 aromatic heterocycles. The van der Waals surface area contributed by atoms with Gasteiger partial charge in [-0.2, -0.15) is 14.4 Å². The molecule has 0 N–H and O–H groups in total. The number of hydrogen-bond donors (Lipinski definition) is 0. The maximum Gasteiger partial charge on any atom is 0.433 e. The van der Waals surface area contributed by atoms with E-state index >= 15 is 0 Å². The van der Waals surface area contributed by atoms with Crippen LogP contribution in [0.4, 0.5) is 15.4 Å². The molecule has 2 aromatic carbocycles. The van der Waals surface area contributed by atoms with E-state index in [9.17, 15) is 27.7 Å². The lowest BCUT2D eigenvalue weighted by molar-refractivity contribution is -0.402. The van der Waals surface area contributed by atoms with Crippen molar-refractivity contribution in [3.8, 4) is 0 Å².